The lowest BCUT2D eigenvalue weighted by Crippen LogP contribution is -2.57. The molecule has 0 aromatic rings. The summed E-state index contributed by atoms with van der Waals surface area (Å²) in [5.41, 5.74) is 5.70. The van der Waals surface area contributed by atoms with E-state index >= 15 is 0 Å². The average molecular weight is 254 g/mol. The standard InChI is InChI=1S/C14H26N2O2/c1-11(12-5-6-12)16(9-10-18-2)13(17)14(15)7-3-4-8-14/h11-12H,3-10,15H2,1-2H3. The van der Waals surface area contributed by atoms with E-state index < -0.39 is 5.54 Å². The van der Waals surface area contributed by atoms with E-state index in [0.29, 0.717) is 25.1 Å². The second-order valence-corrected chi connectivity index (χ2v) is 5.93. The van der Waals surface area contributed by atoms with E-state index in [-0.39, 0.29) is 5.91 Å². The van der Waals surface area contributed by atoms with E-state index in [1.165, 1.54) is 12.8 Å². The number of carbonyl (C=O) groups excluding carboxylic acids is 1. The largest absolute Gasteiger partial charge is 0.383 e. The van der Waals surface area contributed by atoms with Crippen LogP contribution in [0.4, 0.5) is 0 Å². The zero-order valence-electron chi connectivity index (χ0n) is 11.7. The Balaban J connectivity index is 2.04. The Bertz CT molecular complexity index is 296. The Hall–Kier alpha value is -0.610. The second-order valence-electron chi connectivity index (χ2n) is 5.93. The first-order valence-electron chi connectivity index (χ1n) is 7.17. The van der Waals surface area contributed by atoms with Crippen molar-refractivity contribution in [3.8, 4) is 0 Å². The third-order valence-corrected chi connectivity index (χ3v) is 4.51. The van der Waals surface area contributed by atoms with Gasteiger partial charge in [0.25, 0.3) is 0 Å². The monoisotopic (exact) mass is 254 g/mol. The zero-order valence-corrected chi connectivity index (χ0v) is 11.7. The topological polar surface area (TPSA) is 55.6 Å². The van der Waals surface area contributed by atoms with Gasteiger partial charge in [-0.3, -0.25) is 4.79 Å². The van der Waals surface area contributed by atoms with Crippen LogP contribution >= 0.6 is 0 Å². The molecule has 1 atom stereocenters. The van der Waals surface area contributed by atoms with Crippen LogP contribution in [0.25, 0.3) is 0 Å². The maximum Gasteiger partial charge on any atom is 0.242 e. The fourth-order valence-corrected chi connectivity index (χ4v) is 3.02. The number of nitrogens with zero attached hydrogens (tertiary/aromatic N) is 1. The number of ether oxygens (including phenoxy) is 1. The molecule has 0 heterocycles. The molecule has 4 nitrogen and oxygen atoms in total. The first-order chi connectivity index (χ1) is 8.58. The molecule has 0 aromatic carbocycles. The highest BCUT2D eigenvalue weighted by atomic mass is 16.5. The van der Waals surface area contributed by atoms with Crippen LogP contribution in [0.2, 0.25) is 0 Å². The highest BCUT2D eigenvalue weighted by Crippen LogP contribution is 2.37. The highest BCUT2D eigenvalue weighted by Gasteiger charge is 2.43. The number of carbonyl (C=O) groups is 1. The summed E-state index contributed by atoms with van der Waals surface area (Å²) in [7, 11) is 1.68. The number of amides is 1. The Labute approximate surface area is 110 Å². The van der Waals surface area contributed by atoms with Crippen molar-refractivity contribution in [1.82, 2.24) is 4.90 Å². The molecule has 0 aromatic heterocycles. The number of nitrogens with two attached hydrogens (primary N) is 1. The van der Waals surface area contributed by atoms with Crippen LogP contribution in [0.1, 0.15) is 45.4 Å². The summed E-state index contributed by atoms with van der Waals surface area (Å²) in [6.45, 7) is 3.42. The molecular formula is C14H26N2O2. The third-order valence-electron chi connectivity index (χ3n) is 4.51. The van der Waals surface area contributed by atoms with Crippen molar-refractivity contribution in [3.63, 3.8) is 0 Å². The van der Waals surface area contributed by atoms with Gasteiger partial charge in [0.2, 0.25) is 5.91 Å². The first kappa shape index (κ1) is 13.8. The zero-order chi connectivity index (χ0) is 13.2. The summed E-state index contributed by atoms with van der Waals surface area (Å²) in [5.74, 6) is 0.826. The molecule has 0 saturated heterocycles. The van der Waals surface area contributed by atoms with Crippen molar-refractivity contribution in [1.29, 1.82) is 0 Å². The number of methoxy groups -OCH3 is 1. The van der Waals surface area contributed by atoms with E-state index in [4.69, 9.17) is 10.5 Å². The van der Waals surface area contributed by atoms with E-state index in [9.17, 15) is 4.79 Å². The highest BCUT2D eigenvalue weighted by molar-refractivity contribution is 5.86. The molecule has 2 fully saturated rings. The van der Waals surface area contributed by atoms with Crippen LogP contribution < -0.4 is 5.73 Å². The Morgan fingerprint density at radius 3 is 2.56 bits per heavy atom. The molecule has 0 aliphatic heterocycles. The third kappa shape index (κ3) is 2.86. The quantitative estimate of drug-likeness (QED) is 0.782. The summed E-state index contributed by atoms with van der Waals surface area (Å²) in [5, 5.41) is 0. The molecule has 104 valence electrons. The molecule has 2 N–H and O–H groups in total. The van der Waals surface area contributed by atoms with E-state index in [1.54, 1.807) is 7.11 Å². The van der Waals surface area contributed by atoms with Crippen LogP contribution in [0.15, 0.2) is 0 Å². The molecule has 4 heteroatoms. The van der Waals surface area contributed by atoms with Crippen molar-refractivity contribution in [2.45, 2.75) is 57.0 Å². The molecule has 0 bridgehead atoms. The average Bonchev–Trinajstić information content (AvgIpc) is 3.12. The predicted octanol–water partition coefficient (Wildman–Crippen LogP) is 1.53. The molecular weight excluding hydrogens is 228 g/mol. The Morgan fingerprint density at radius 1 is 1.44 bits per heavy atom. The lowest BCUT2D eigenvalue weighted by Gasteiger charge is -2.35. The maximum absolute atomic E-state index is 12.7. The van der Waals surface area contributed by atoms with Gasteiger partial charge in [-0.25, -0.2) is 0 Å². The number of hydrogen-bond donors (Lipinski definition) is 1. The smallest absolute Gasteiger partial charge is 0.242 e. The van der Waals surface area contributed by atoms with Crippen LogP contribution in [0, 0.1) is 5.92 Å². The van der Waals surface area contributed by atoms with Gasteiger partial charge in [-0.05, 0) is 38.5 Å². The molecule has 2 saturated carbocycles. The summed E-state index contributed by atoms with van der Waals surface area (Å²) in [6.07, 6.45) is 6.33. The van der Waals surface area contributed by atoms with Crippen molar-refractivity contribution in [2.24, 2.45) is 11.7 Å². The van der Waals surface area contributed by atoms with Gasteiger partial charge in [0.1, 0.15) is 0 Å². The summed E-state index contributed by atoms with van der Waals surface area (Å²) < 4.78 is 5.13. The molecule has 0 spiro atoms. The number of rotatable bonds is 6. The van der Waals surface area contributed by atoms with Crippen molar-refractivity contribution >= 4 is 5.91 Å². The number of hydrogen-bond acceptors (Lipinski definition) is 3. The van der Waals surface area contributed by atoms with E-state index in [1.807, 2.05) is 4.90 Å². The normalized spacial score (nSPS) is 23.9. The van der Waals surface area contributed by atoms with Gasteiger partial charge in [0, 0.05) is 19.7 Å². The van der Waals surface area contributed by atoms with Crippen LogP contribution in [0.3, 0.4) is 0 Å². The van der Waals surface area contributed by atoms with E-state index in [2.05, 4.69) is 6.92 Å². The van der Waals surface area contributed by atoms with Crippen LogP contribution in [-0.4, -0.2) is 42.6 Å². The van der Waals surface area contributed by atoms with Crippen LogP contribution in [0.5, 0.6) is 0 Å². The SMILES string of the molecule is COCCN(C(=O)C1(N)CCCC1)C(C)C1CC1. The molecule has 0 radical (unpaired) electrons. The molecule has 2 rings (SSSR count). The van der Waals surface area contributed by atoms with Gasteiger partial charge in [-0.2, -0.15) is 0 Å². The van der Waals surface area contributed by atoms with Gasteiger partial charge >= 0.3 is 0 Å². The minimum Gasteiger partial charge on any atom is -0.383 e. The fraction of sp³-hybridized carbons (Fsp3) is 0.929. The molecule has 2 aliphatic rings. The van der Waals surface area contributed by atoms with Crippen molar-refractivity contribution in [3.05, 3.63) is 0 Å². The van der Waals surface area contributed by atoms with Crippen molar-refractivity contribution in [2.75, 3.05) is 20.3 Å². The van der Waals surface area contributed by atoms with Gasteiger partial charge in [0.05, 0.1) is 12.1 Å². The van der Waals surface area contributed by atoms with Gasteiger partial charge in [0.15, 0.2) is 0 Å². The fourth-order valence-electron chi connectivity index (χ4n) is 3.02. The van der Waals surface area contributed by atoms with Gasteiger partial charge in [-0.1, -0.05) is 12.8 Å². The minimum atomic E-state index is -0.600. The second kappa shape index (κ2) is 5.57. The first-order valence-corrected chi connectivity index (χ1v) is 7.17. The lowest BCUT2D eigenvalue weighted by molar-refractivity contribution is -0.140. The van der Waals surface area contributed by atoms with E-state index in [0.717, 1.165) is 25.7 Å². The lowest BCUT2D eigenvalue weighted by atomic mass is 9.95. The summed E-state index contributed by atoms with van der Waals surface area (Å²) in [6, 6.07) is 0.314. The Kier molecular flexibility index (Phi) is 4.28. The summed E-state index contributed by atoms with van der Waals surface area (Å²) in [4.78, 5) is 14.7. The predicted molar refractivity (Wildman–Crippen MR) is 71.2 cm³/mol. The molecule has 18 heavy (non-hydrogen) atoms. The molecule has 1 unspecified atom stereocenters. The van der Waals surface area contributed by atoms with Gasteiger partial charge < -0.3 is 15.4 Å². The maximum atomic E-state index is 12.7. The van der Waals surface area contributed by atoms with Crippen molar-refractivity contribution < 1.29 is 9.53 Å². The van der Waals surface area contributed by atoms with Crippen LogP contribution in [-0.2, 0) is 9.53 Å². The Morgan fingerprint density at radius 2 is 2.06 bits per heavy atom. The minimum absolute atomic E-state index is 0.149. The summed E-state index contributed by atoms with van der Waals surface area (Å²) >= 11 is 0. The molecule has 1 amide bonds. The molecule has 2 aliphatic carbocycles. The van der Waals surface area contributed by atoms with Gasteiger partial charge in [-0.15, -0.1) is 0 Å².